The molecular formula is C16H17FN2O6S. The number of benzene rings is 1. The molecule has 2 aromatic rings. The third-order valence-corrected chi connectivity index (χ3v) is 5.27. The smallest absolute Gasteiger partial charge is 0.312 e. The molecule has 0 radical (unpaired) electrons. The summed E-state index contributed by atoms with van der Waals surface area (Å²) in [5, 5.41) is 11.3. The lowest BCUT2D eigenvalue weighted by Gasteiger charge is -2.13. The van der Waals surface area contributed by atoms with Crippen molar-refractivity contribution in [1.29, 1.82) is 0 Å². The Morgan fingerprint density at radius 3 is 2.35 bits per heavy atom. The number of hydrogen-bond donors (Lipinski definition) is 2. The Labute approximate surface area is 149 Å². The predicted molar refractivity (Wildman–Crippen MR) is 88.7 cm³/mol. The number of aliphatic carboxylic acids is 1. The van der Waals surface area contributed by atoms with Gasteiger partial charge < -0.3 is 14.8 Å². The van der Waals surface area contributed by atoms with Crippen LogP contribution in [0, 0.1) is 5.82 Å². The van der Waals surface area contributed by atoms with E-state index >= 15 is 0 Å². The van der Waals surface area contributed by atoms with Gasteiger partial charge in [0, 0.05) is 20.6 Å². The minimum absolute atomic E-state index is 0.270. The van der Waals surface area contributed by atoms with E-state index in [0.29, 0.717) is 5.56 Å². The molecule has 0 bridgehead atoms. The van der Waals surface area contributed by atoms with Gasteiger partial charge in [0.05, 0.1) is 5.92 Å². The summed E-state index contributed by atoms with van der Waals surface area (Å²) < 4.78 is 42.8. The standard InChI is InChI=1S/C16H17FN2O6S/c1-19(2)26(23,24)14-8-7-13(25-14)15(20)18-9-12(16(21)22)10-3-5-11(17)6-4-10/h3-8,12H,9H2,1-2H3,(H,18,20)(H,21,22). The van der Waals surface area contributed by atoms with E-state index in [1.54, 1.807) is 0 Å². The quantitative estimate of drug-likeness (QED) is 0.742. The SMILES string of the molecule is CN(C)S(=O)(=O)c1ccc(C(=O)NCC(C(=O)O)c2ccc(F)cc2)o1. The third kappa shape index (κ3) is 4.27. The fraction of sp³-hybridized carbons (Fsp3) is 0.250. The van der Waals surface area contributed by atoms with E-state index in [1.807, 2.05) is 0 Å². The van der Waals surface area contributed by atoms with Gasteiger partial charge in [-0.15, -0.1) is 0 Å². The average Bonchev–Trinajstić information content (AvgIpc) is 3.07. The molecule has 0 spiro atoms. The summed E-state index contributed by atoms with van der Waals surface area (Å²) in [7, 11) is -1.19. The van der Waals surface area contributed by atoms with Gasteiger partial charge in [0.15, 0.2) is 5.76 Å². The molecule has 0 fully saturated rings. The first-order valence-electron chi connectivity index (χ1n) is 7.41. The number of carboxylic acids is 1. The molecule has 1 unspecified atom stereocenters. The largest absolute Gasteiger partial charge is 0.481 e. The van der Waals surface area contributed by atoms with Gasteiger partial charge in [-0.2, -0.15) is 0 Å². The molecule has 0 saturated heterocycles. The van der Waals surface area contributed by atoms with Crippen LogP contribution < -0.4 is 5.32 Å². The number of amides is 1. The van der Waals surface area contributed by atoms with Crippen molar-refractivity contribution in [1.82, 2.24) is 9.62 Å². The molecule has 8 nitrogen and oxygen atoms in total. The van der Waals surface area contributed by atoms with Gasteiger partial charge in [0.2, 0.25) is 5.09 Å². The number of carbonyl (C=O) groups excluding carboxylic acids is 1. The van der Waals surface area contributed by atoms with Crippen molar-refractivity contribution in [2.75, 3.05) is 20.6 Å². The van der Waals surface area contributed by atoms with Gasteiger partial charge in [0.1, 0.15) is 5.82 Å². The van der Waals surface area contributed by atoms with Gasteiger partial charge in [-0.3, -0.25) is 9.59 Å². The number of nitrogens with one attached hydrogen (secondary N) is 1. The number of carbonyl (C=O) groups is 2. The molecule has 0 aliphatic heterocycles. The molecule has 10 heteroatoms. The van der Waals surface area contributed by atoms with Crippen molar-refractivity contribution < 1.29 is 31.9 Å². The highest BCUT2D eigenvalue weighted by atomic mass is 32.2. The second-order valence-corrected chi connectivity index (χ2v) is 7.64. The number of sulfonamides is 1. The first-order chi connectivity index (χ1) is 12.1. The van der Waals surface area contributed by atoms with Crippen molar-refractivity contribution in [3.05, 3.63) is 53.5 Å². The second-order valence-electron chi connectivity index (χ2n) is 5.56. The molecule has 0 saturated carbocycles. The van der Waals surface area contributed by atoms with Crippen LogP contribution in [0.5, 0.6) is 0 Å². The van der Waals surface area contributed by atoms with Crippen LogP contribution in [-0.4, -0.2) is 50.3 Å². The lowest BCUT2D eigenvalue weighted by Crippen LogP contribution is -2.31. The summed E-state index contributed by atoms with van der Waals surface area (Å²) in [5.74, 6) is -3.84. The van der Waals surface area contributed by atoms with Crippen LogP contribution in [0.25, 0.3) is 0 Å². The van der Waals surface area contributed by atoms with Crippen LogP contribution in [0.3, 0.4) is 0 Å². The van der Waals surface area contributed by atoms with Crippen molar-refractivity contribution in [2.24, 2.45) is 0 Å². The van der Waals surface area contributed by atoms with Crippen LogP contribution in [-0.2, 0) is 14.8 Å². The van der Waals surface area contributed by atoms with Crippen LogP contribution in [0.1, 0.15) is 22.0 Å². The number of hydrogen-bond acceptors (Lipinski definition) is 5. The third-order valence-electron chi connectivity index (χ3n) is 3.58. The molecule has 2 rings (SSSR count). The molecule has 140 valence electrons. The minimum Gasteiger partial charge on any atom is -0.481 e. The number of nitrogens with zero attached hydrogens (tertiary/aromatic N) is 1. The van der Waals surface area contributed by atoms with Crippen molar-refractivity contribution in [3.63, 3.8) is 0 Å². The Morgan fingerprint density at radius 1 is 1.19 bits per heavy atom. The summed E-state index contributed by atoms with van der Waals surface area (Å²) >= 11 is 0. The number of carboxylic acid groups (broad SMARTS) is 1. The van der Waals surface area contributed by atoms with E-state index in [2.05, 4.69) is 5.32 Å². The van der Waals surface area contributed by atoms with Crippen LogP contribution in [0.2, 0.25) is 0 Å². The molecular weight excluding hydrogens is 367 g/mol. The highest BCUT2D eigenvalue weighted by Gasteiger charge is 2.25. The first kappa shape index (κ1) is 19.6. The normalized spacial score (nSPS) is 12.8. The fourth-order valence-electron chi connectivity index (χ4n) is 2.09. The number of furan rings is 1. The minimum atomic E-state index is -3.82. The Hall–Kier alpha value is -2.72. The molecule has 1 atom stereocenters. The van der Waals surface area contributed by atoms with Gasteiger partial charge in [-0.05, 0) is 29.8 Å². The summed E-state index contributed by atoms with van der Waals surface area (Å²) in [6.07, 6.45) is 0. The van der Waals surface area contributed by atoms with Crippen LogP contribution in [0.15, 0.2) is 45.9 Å². The summed E-state index contributed by atoms with van der Waals surface area (Å²) in [5.41, 5.74) is 0.314. The van der Waals surface area contributed by atoms with E-state index in [1.165, 1.54) is 32.3 Å². The molecule has 0 aliphatic rings. The molecule has 1 aromatic heterocycles. The maximum Gasteiger partial charge on any atom is 0.312 e. The summed E-state index contributed by atoms with van der Waals surface area (Å²) in [4.78, 5) is 23.5. The Morgan fingerprint density at radius 2 is 1.81 bits per heavy atom. The predicted octanol–water partition coefficient (Wildman–Crippen LogP) is 1.27. The van der Waals surface area contributed by atoms with E-state index in [4.69, 9.17) is 4.42 Å². The van der Waals surface area contributed by atoms with E-state index in [0.717, 1.165) is 22.5 Å². The maximum atomic E-state index is 13.0. The van der Waals surface area contributed by atoms with E-state index in [9.17, 15) is 27.5 Å². The van der Waals surface area contributed by atoms with E-state index < -0.39 is 38.7 Å². The van der Waals surface area contributed by atoms with Gasteiger partial charge in [-0.25, -0.2) is 17.1 Å². The monoisotopic (exact) mass is 384 g/mol. The molecule has 0 aliphatic carbocycles. The molecule has 1 heterocycles. The lowest BCUT2D eigenvalue weighted by molar-refractivity contribution is -0.138. The molecule has 2 N–H and O–H groups in total. The van der Waals surface area contributed by atoms with Crippen molar-refractivity contribution in [3.8, 4) is 0 Å². The van der Waals surface area contributed by atoms with Crippen LogP contribution >= 0.6 is 0 Å². The Balaban J connectivity index is 2.11. The fourth-order valence-corrected chi connectivity index (χ4v) is 2.88. The van der Waals surface area contributed by atoms with Crippen molar-refractivity contribution >= 4 is 21.9 Å². The Kier molecular flexibility index (Phi) is 5.78. The van der Waals surface area contributed by atoms with Gasteiger partial charge in [0.25, 0.3) is 15.9 Å². The topological polar surface area (TPSA) is 117 Å². The zero-order chi connectivity index (χ0) is 19.5. The summed E-state index contributed by atoms with van der Waals surface area (Å²) in [6.45, 7) is -0.281. The highest BCUT2D eigenvalue weighted by Crippen LogP contribution is 2.18. The van der Waals surface area contributed by atoms with Gasteiger partial charge in [-0.1, -0.05) is 12.1 Å². The van der Waals surface area contributed by atoms with Gasteiger partial charge >= 0.3 is 5.97 Å². The summed E-state index contributed by atoms with van der Waals surface area (Å²) in [6, 6.07) is 7.19. The lowest BCUT2D eigenvalue weighted by atomic mass is 9.99. The van der Waals surface area contributed by atoms with Crippen molar-refractivity contribution in [2.45, 2.75) is 11.0 Å². The zero-order valence-electron chi connectivity index (χ0n) is 14.0. The first-order valence-corrected chi connectivity index (χ1v) is 8.85. The Bertz CT molecular complexity index is 905. The molecule has 26 heavy (non-hydrogen) atoms. The average molecular weight is 384 g/mol. The highest BCUT2D eigenvalue weighted by molar-refractivity contribution is 7.88. The number of halogens is 1. The molecule has 1 amide bonds. The molecule has 1 aromatic carbocycles. The maximum absolute atomic E-state index is 13.0. The second kappa shape index (κ2) is 7.67. The van der Waals surface area contributed by atoms with Crippen LogP contribution in [0.4, 0.5) is 4.39 Å². The van der Waals surface area contributed by atoms with E-state index in [-0.39, 0.29) is 12.3 Å². The number of rotatable bonds is 7. The zero-order valence-corrected chi connectivity index (χ0v) is 14.8.